The molecule has 1 N–H and O–H groups in total. The minimum Gasteiger partial charge on any atom is -0.465 e. The number of rotatable bonds is 4. The average molecular weight is 422 g/mol. The molecule has 3 saturated heterocycles. The second-order valence-corrected chi connectivity index (χ2v) is 8.65. The van der Waals surface area contributed by atoms with Crippen LogP contribution >= 0.6 is 0 Å². The highest BCUT2D eigenvalue weighted by molar-refractivity contribution is 5.91. The van der Waals surface area contributed by atoms with Crippen LogP contribution in [0.4, 0.5) is 0 Å². The van der Waals surface area contributed by atoms with Crippen molar-refractivity contribution in [1.82, 2.24) is 0 Å². The highest BCUT2D eigenvalue weighted by Crippen LogP contribution is 2.47. The van der Waals surface area contributed by atoms with E-state index in [2.05, 4.69) is 6.58 Å². The van der Waals surface area contributed by atoms with Gasteiger partial charge >= 0.3 is 17.9 Å². The molecule has 166 valence electrons. The van der Waals surface area contributed by atoms with Crippen LogP contribution in [0, 0.1) is 11.8 Å². The molecule has 3 rings (SSSR count). The molecule has 8 nitrogen and oxygen atoms in total. The van der Waals surface area contributed by atoms with Gasteiger partial charge in [0.1, 0.15) is 18.3 Å². The fourth-order valence-corrected chi connectivity index (χ4v) is 4.57. The van der Waals surface area contributed by atoms with Gasteiger partial charge in [-0.05, 0) is 33.6 Å². The molecule has 0 aromatic heterocycles. The number of hydrogen-bond acceptors (Lipinski definition) is 8. The molecule has 0 aliphatic carbocycles. The summed E-state index contributed by atoms with van der Waals surface area (Å²) in [6, 6.07) is 0. The number of ether oxygens (including phenoxy) is 4. The first-order valence-electron chi connectivity index (χ1n) is 10.3. The quantitative estimate of drug-likeness (QED) is 0.415. The Morgan fingerprint density at radius 2 is 2.03 bits per heavy atom. The lowest BCUT2D eigenvalue weighted by atomic mass is 9.78. The van der Waals surface area contributed by atoms with Gasteiger partial charge < -0.3 is 24.1 Å². The number of hydrogen-bond donors (Lipinski definition) is 1. The van der Waals surface area contributed by atoms with Crippen LogP contribution in [0.2, 0.25) is 0 Å². The molecule has 7 unspecified atom stereocenters. The molecule has 8 heteroatoms. The van der Waals surface area contributed by atoms with Gasteiger partial charge in [-0.3, -0.25) is 4.79 Å². The van der Waals surface area contributed by atoms with E-state index in [-0.39, 0.29) is 12.2 Å². The maximum Gasteiger partial charge on any atom is 0.334 e. The summed E-state index contributed by atoms with van der Waals surface area (Å²) in [6.45, 7) is 10.4. The van der Waals surface area contributed by atoms with Crippen LogP contribution in [-0.4, -0.2) is 59.6 Å². The van der Waals surface area contributed by atoms with Crippen LogP contribution in [0.1, 0.15) is 47.0 Å². The summed E-state index contributed by atoms with van der Waals surface area (Å²) in [5.74, 6) is -2.72. The lowest BCUT2D eigenvalue weighted by molar-refractivity contribution is -0.173. The molecule has 7 atom stereocenters. The standard InChI is InChI=1S/C22H30O8/c1-6-11(2)20(25)28-16-9-22(5)8-7-15(24)14(10-27-13(4)23)18(30-22)19-17(16)12(3)21(26)29-19/h6,14-19,24H,3,7-10H2,1-2,4-5H3. The summed E-state index contributed by atoms with van der Waals surface area (Å²) in [5.41, 5.74) is -0.0428. The fraction of sp³-hybridized carbons (Fsp3) is 0.682. The summed E-state index contributed by atoms with van der Waals surface area (Å²) in [5, 5.41) is 10.8. The maximum absolute atomic E-state index is 12.5. The topological polar surface area (TPSA) is 108 Å². The SMILES string of the molecule is C=C1C(=O)OC2C3OC(C)(CCC(O)C3COC(C)=O)CC(OC(=O)C(C)=CC)C12. The molecule has 30 heavy (non-hydrogen) atoms. The minimum atomic E-state index is -0.802. The van der Waals surface area contributed by atoms with Gasteiger partial charge in [0, 0.05) is 30.4 Å². The molecule has 0 radical (unpaired) electrons. The van der Waals surface area contributed by atoms with Gasteiger partial charge in [-0.25, -0.2) is 9.59 Å². The Balaban J connectivity index is 1.99. The zero-order chi connectivity index (χ0) is 22.2. The van der Waals surface area contributed by atoms with Crippen molar-refractivity contribution in [2.45, 2.75) is 77.0 Å². The number of aliphatic hydroxyl groups is 1. The van der Waals surface area contributed by atoms with Crippen LogP contribution in [0.25, 0.3) is 0 Å². The number of esters is 3. The zero-order valence-corrected chi connectivity index (χ0v) is 17.9. The highest BCUT2D eigenvalue weighted by atomic mass is 16.6. The van der Waals surface area contributed by atoms with E-state index >= 15 is 0 Å². The second kappa shape index (κ2) is 8.51. The third-order valence-electron chi connectivity index (χ3n) is 6.42. The van der Waals surface area contributed by atoms with Crippen LogP contribution in [-0.2, 0) is 33.3 Å². The molecule has 3 fully saturated rings. The smallest absolute Gasteiger partial charge is 0.334 e. The minimum absolute atomic E-state index is 0.0629. The Morgan fingerprint density at radius 1 is 1.33 bits per heavy atom. The van der Waals surface area contributed by atoms with Crippen molar-refractivity contribution in [2.75, 3.05) is 6.61 Å². The van der Waals surface area contributed by atoms with E-state index in [4.69, 9.17) is 18.9 Å². The van der Waals surface area contributed by atoms with Crippen molar-refractivity contribution in [3.05, 3.63) is 23.8 Å². The normalized spacial score (nSPS) is 38.8. The number of aliphatic hydroxyl groups excluding tert-OH is 1. The monoisotopic (exact) mass is 422 g/mol. The van der Waals surface area contributed by atoms with Crippen molar-refractivity contribution in [1.29, 1.82) is 0 Å². The summed E-state index contributed by atoms with van der Waals surface area (Å²) >= 11 is 0. The fourth-order valence-electron chi connectivity index (χ4n) is 4.57. The Morgan fingerprint density at radius 3 is 2.67 bits per heavy atom. The number of carbonyl (C=O) groups excluding carboxylic acids is 3. The van der Waals surface area contributed by atoms with Crippen LogP contribution in [0.5, 0.6) is 0 Å². The lowest BCUT2D eigenvalue weighted by Gasteiger charge is -2.34. The lowest BCUT2D eigenvalue weighted by Crippen LogP contribution is -2.47. The molecule has 2 bridgehead atoms. The summed E-state index contributed by atoms with van der Waals surface area (Å²) in [7, 11) is 0. The first-order valence-corrected chi connectivity index (χ1v) is 10.3. The van der Waals surface area contributed by atoms with E-state index in [0.717, 1.165) is 0 Å². The van der Waals surface area contributed by atoms with Gasteiger partial charge in [0.15, 0.2) is 0 Å². The number of carbonyl (C=O) groups is 3. The predicted octanol–water partition coefficient (Wildman–Crippen LogP) is 1.84. The van der Waals surface area contributed by atoms with E-state index in [0.29, 0.717) is 24.8 Å². The maximum atomic E-state index is 12.5. The van der Waals surface area contributed by atoms with Gasteiger partial charge in [0.2, 0.25) is 0 Å². The van der Waals surface area contributed by atoms with E-state index in [1.807, 2.05) is 6.92 Å². The van der Waals surface area contributed by atoms with Crippen LogP contribution in [0.3, 0.4) is 0 Å². The molecular formula is C22H30O8. The van der Waals surface area contributed by atoms with Crippen LogP contribution in [0.15, 0.2) is 23.8 Å². The Labute approximate surface area is 176 Å². The summed E-state index contributed by atoms with van der Waals surface area (Å²) < 4.78 is 23.0. The van der Waals surface area contributed by atoms with Crippen molar-refractivity contribution in [2.24, 2.45) is 11.8 Å². The van der Waals surface area contributed by atoms with Gasteiger partial charge in [-0.15, -0.1) is 0 Å². The molecule has 0 aromatic rings. The number of allylic oxidation sites excluding steroid dienone is 1. The second-order valence-electron chi connectivity index (χ2n) is 8.65. The van der Waals surface area contributed by atoms with Gasteiger partial charge in [0.05, 0.1) is 24.2 Å². The van der Waals surface area contributed by atoms with Crippen molar-refractivity contribution in [3.63, 3.8) is 0 Å². The Bertz CT molecular complexity index is 771. The zero-order valence-electron chi connectivity index (χ0n) is 17.9. The largest absolute Gasteiger partial charge is 0.465 e. The third-order valence-corrected chi connectivity index (χ3v) is 6.42. The predicted molar refractivity (Wildman–Crippen MR) is 105 cm³/mol. The molecule has 3 aliphatic rings. The molecule has 3 heterocycles. The molecule has 0 amide bonds. The van der Waals surface area contributed by atoms with Gasteiger partial charge in [-0.1, -0.05) is 12.7 Å². The summed E-state index contributed by atoms with van der Waals surface area (Å²) in [6.07, 6.45) is -0.0809. The Kier molecular flexibility index (Phi) is 6.38. The molecule has 0 spiro atoms. The molecule has 0 saturated carbocycles. The Hall–Kier alpha value is -2.19. The molecular weight excluding hydrogens is 392 g/mol. The van der Waals surface area contributed by atoms with Crippen molar-refractivity contribution < 1.29 is 38.4 Å². The van der Waals surface area contributed by atoms with E-state index in [1.54, 1.807) is 19.9 Å². The van der Waals surface area contributed by atoms with Gasteiger partial charge in [-0.2, -0.15) is 0 Å². The van der Waals surface area contributed by atoms with E-state index in [1.165, 1.54) is 6.92 Å². The third kappa shape index (κ3) is 4.30. The van der Waals surface area contributed by atoms with Gasteiger partial charge in [0.25, 0.3) is 0 Å². The van der Waals surface area contributed by atoms with Crippen LogP contribution < -0.4 is 0 Å². The summed E-state index contributed by atoms with van der Waals surface area (Å²) in [4.78, 5) is 36.3. The first kappa shape index (κ1) is 22.5. The van der Waals surface area contributed by atoms with E-state index < -0.39 is 59.8 Å². The van der Waals surface area contributed by atoms with Crippen molar-refractivity contribution in [3.8, 4) is 0 Å². The van der Waals surface area contributed by atoms with Crippen molar-refractivity contribution >= 4 is 17.9 Å². The average Bonchev–Trinajstić information content (AvgIpc) is 2.83. The molecule has 0 aromatic carbocycles. The van der Waals surface area contributed by atoms with E-state index in [9.17, 15) is 19.5 Å². The highest BCUT2D eigenvalue weighted by Gasteiger charge is 2.58. The first-order chi connectivity index (χ1) is 14.1. The number of fused-ring (bicyclic) bond motifs is 4. The molecule has 3 aliphatic heterocycles.